The van der Waals surface area contributed by atoms with E-state index in [2.05, 4.69) is 6.92 Å². The molecule has 19 heavy (non-hydrogen) atoms. The molecule has 0 aromatic heterocycles. The van der Waals surface area contributed by atoms with Crippen LogP contribution in [0.25, 0.3) is 0 Å². The molecule has 0 saturated carbocycles. The summed E-state index contributed by atoms with van der Waals surface area (Å²) in [6.07, 6.45) is 2.62. The van der Waals surface area contributed by atoms with E-state index < -0.39 is 16.4 Å². The Hall–Kier alpha value is -0.870. The van der Waals surface area contributed by atoms with Crippen LogP contribution in [0.3, 0.4) is 0 Å². The lowest BCUT2D eigenvalue weighted by Gasteiger charge is -2.25. The van der Waals surface area contributed by atoms with Gasteiger partial charge in [-0.05, 0) is 44.5 Å². The first-order valence-electron chi connectivity index (χ1n) is 6.77. The number of ether oxygens (including phenoxy) is 1. The number of hydrogen-bond donors (Lipinski definition) is 1. The molecule has 1 atom stereocenters. The Morgan fingerprint density at radius 1 is 1.26 bits per heavy atom. The lowest BCUT2D eigenvalue weighted by atomic mass is 10.1. The highest BCUT2D eigenvalue weighted by Crippen LogP contribution is 2.22. The van der Waals surface area contributed by atoms with Crippen molar-refractivity contribution in [2.45, 2.75) is 50.5 Å². The van der Waals surface area contributed by atoms with Crippen molar-refractivity contribution < 1.29 is 14.1 Å². The van der Waals surface area contributed by atoms with Crippen molar-refractivity contribution >= 4 is 10.8 Å². The van der Waals surface area contributed by atoms with Crippen LogP contribution in [0.5, 0.6) is 5.75 Å². The quantitative estimate of drug-likeness (QED) is 0.797. The summed E-state index contributed by atoms with van der Waals surface area (Å²) < 4.78 is 17.7. The van der Waals surface area contributed by atoms with Gasteiger partial charge in [0.05, 0.1) is 10.8 Å². The fourth-order valence-corrected chi connectivity index (χ4v) is 2.92. The SMILES string of the molecule is CCCCS(=O)c1ccc(OC(C)(C)CCO)cc1. The molecule has 1 rings (SSSR count). The molecule has 4 heteroatoms. The summed E-state index contributed by atoms with van der Waals surface area (Å²) in [6, 6.07) is 7.41. The number of hydrogen-bond acceptors (Lipinski definition) is 3. The van der Waals surface area contributed by atoms with Crippen molar-refractivity contribution in [3.63, 3.8) is 0 Å². The van der Waals surface area contributed by atoms with Crippen molar-refractivity contribution in [2.75, 3.05) is 12.4 Å². The molecule has 3 nitrogen and oxygen atoms in total. The number of benzene rings is 1. The highest BCUT2D eigenvalue weighted by Gasteiger charge is 2.18. The standard InChI is InChI=1S/C15H24O3S/c1-4-5-12-19(17)14-8-6-13(7-9-14)18-15(2,3)10-11-16/h6-9,16H,4-5,10-12H2,1-3H3. The molecule has 1 unspecified atom stereocenters. The molecule has 0 radical (unpaired) electrons. The van der Waals surface area contributed by atoms with Crippen LogP contribution < -0.4 is 4.74 Å². The Kier molecular flexibility index (Phi) is 6.52. The molecule has 0 saturated heterocycles. The van der Waals surface area contributed by atoms with Gasteiger partial charge in [0.25, 0.3) is 0 Å². The van der Waals surface area contributed by atoms with E-state index in [0.29, 0.717) is 12.2 Å². The minimum Gasteiger partial charge on any atom is -0.488 e. The summed E-state index contributed by atoms with van der Waals surface area (Å²) in [5.74, 6) is 1.46. The zero-order chi connectivity index (χ0) is 14.3. The van der Waals surface area contributed by atoms with Crippen LogP contribution in [-0.2, 0) is 10.8 Å². The third-order valence-corrected chi connectivity index (χ3v) is 4.34. The van der Waals surface area contributed by atoms with E-state index in [4.69, 9.17) is 9.84 Å². The number of aliphatic hydroxyl groups is 1. The topological polar surface area (TPSA) is 46.5 Å². The molecule has 1 aromatic rings. The van der Waals surface area contributed by atoms with Crippen LogP contribution in [-0.4, -0.2) is 27.3 Å². The van der Waals surface area contributed by atoms with Crippen molar-refractivity contribution in [3.05, 3.63) is 24.3 Å². The second-order valence-corrected chi connectivity index (χ2v) is 6.78. The summed E-state index contributed by atoms with van der Waals surface area (Å²) in [5.41, 5.74) is -0.391. The summed E-state index contributed by atoms with van der Waals surface area (Å²) in [4.78, 5) is 0.848. The maximum atomic E-state index is 11.9. The van der Waals surface area contributed by atoms with Gasteiger partial charge in [-0.3, -0.25) is 4.21 Å². The minimum atomic E-state index is -0.914. The molecule has 0 heterocycles. The third-order valence-electron chi connectivity index (χ3n) is 2.88. The first-order valence-corrected chi connectivity index (χ1v) is 8.08. The number of unbranched alkanes of at least 4 members (excludes halogenated alkanes) is 1. The van der Waals surface area contributed by atoms with E-state index in [-0.39, 0.29) is 6.61 Å². The lowest BCUT2D eigenvalue weighted by molar-refractivity contribution is 0.0764. The Morgan fingerprint density at radius 2 is 1.89 bits per heavy atom. The van der Waals surface area contributed by atoms with Gasteiger partial charge >= 0.3 is 0 Å². The highest BCUT2D eigenvalue weighted by atomic mass is 32.2. The van der Waals surface area contributed by atoms with Gasteiger partial charge in [0.2, 0.25) is 0 Å². The molecule has 0 bridgehead atoms. The molecular weight excluding hydrogens is 260 g/mol. The van der Waals surface area contributed by atoms with Gasteiger partial charge in [0.1, 0.15) is 11.4 Å². The van der Waals surface area contributed by atoms with Crippen molar-refractivity contribution in [2.24, 2.45) is 0 Å². The highest BCUT2D eigenvalue weighted by molar-refractivity contribution is 7.85. The summed E-state index contributed by atoms with van der Waals surface area (Å²) in [7, 11) is -0.914. The molecule has 1 aromatic carbocycles. The van der Waals surface area contributed by atoms with Gasteiger partial charge < -0.3 is 9.84 Å². The van der Waals surface area contributed by atoms with Crippen LogP contribution in [0.2, 0.25) is 0 Å². The van der Waals surface area contributed by atoms with Crippen LogP contribution in [0.15, 0.2) is 29.2 Å². The molecule has 0 amide bonds. The van der Waals surface area contributed by atoms with Crippen molar-refractivity contribution in [1.82, 2.24) is 0 Å². The molecule has 0 aliphatic heterocycles. The predicted octanol–water partition coefficient (Wildman–Crippen LogP) is 3.13. The molecule has 0 fully saturated rings. The Balaban J connectivity index is 2.63. The molecule has 1 N–H and O–H groups in total. The summed E-state index contributed by atoms with van der Waals surface area (Å²) >= 11 is 0. The lowest BCUT2D eigenvalue weighted by Crippen LogP contribution is -2.29. The van der Waals surface area contributed by atoms with E-state index in [9.17, 15) is 4.21 Å². The van der Waals surface area contributed by atoms with E-state index in [0.717, 1.165) is 23.5 Å². The smallest absolute Gasteiger partial charge is 0.120 e. The molecule has 108 valence electrons. The molecule has 0 aliphatic carbocycles. The summed E-state index contributed by atoms with van der Waals surface area (Å²) in [5, 5.41) is 8.96. The van der Waals surface area contributed by atoms with E-state index >= 15 is 0 Å². The van der Waals surface area contributed by atoms with Gasteiger partial charge in [0.15, 0.2) is 0 Å². The van der Waals surface area contributed by atoms with E-state index in [1.165, 1.54) is 0 Å². The average Bonchev–Trinajstić information content (AvgIpc) is 2.36. The van der Waals surface area contributed by atoms with Crippen LogP contribution in [0.1, 0.15) is 40.0 Å². The van der Waals surface area contributed by atoms with Crippen LogP contribution >= 0.6 is 0 Å². The monoisotopic (exact) mass is 284 g/mol. The first kappa shape index (κ1) is 16.2. The van der Waals surface area contributed by atoms with Crippen molar-refractivity contribution in [1.29, 1.82) is 0 Å². The number of aliphatic hydroxyl groups excluding tert-OH is 1. The fraction of sp³-hybridized carbons (Fsp3) is 0.600. The van der Waals surface area contributed by atoms with Gasteiger partial charge in [-0.2, -0.15) is 0 Å². The normalized spacial score (nSPS) is 13.3. The zero-order valence-electron chi connectivity index (χ0n) is 12.0. The van der Waals surface area contributed by atoms with Gasteiger partial charge in [0, 0.05) is 23.7 Å². The summed E-state index contributed by atoms with van der Waals surface area (Å²) in [6.45, 7) is 6.08. The van der Waals surface area contributed by atoms with E-state index in [1.807, 2.05) is 38.1 Å². The molecule has 0 aliphatic rings. The van der Waals surface area contributed by atoms with Crippen LogP contribution in [0.4, 0.5) is 0 Å². The predicted molar refractivity (Wildman–Crippen MR) is 79.0 cm³/mol. The average molecular weight is 284 g/mol. The maximum Gasteiger partial charge on any atom is 0.120 e. The van der Waals surface area contributed by atoms with Gasteiger partial charge in [-0.15, -0.1) is 0 Å². The Bertz CT molecular complexity index is 398. The van der Waals surface area contributed by atoms with Crippen LogP contribution in [0, 0.1) is 0 Å². The number of rotatable bonds is 8. The van der Waals surface area contributed by atoms with E-state index in [1.54, 1.807) is 0 Å². The maximum absolute atomic E-state index is 11.9. The second-order valence-electron chi connectivity index (χ2n) is 5.21. The molecule has 0 spiro atoms. The van der Waals surface area contributed by atoms with Crippen molar-refractivity contribution in [3.8, 4) is 5.75 Å². The van der Waals surface area contributed by atoms with Gasteiger partial charge in [-0.1, -0.05) is 13.3 Å². The Morgan fingerprint density at radius 3 is 2.42 bits per heavy atom. The molecular formula is C15H24O3S. The Labute approximate surface area is 118 Å². The third kappa shape index (κ3) is 5.74. The van der Waals surface area contributed by atoms with Gasteiger partial charge in [-0.25, -0.2) is 0 Å². The fourth-order valence-electron chi connectivity index (χ4n) is 1.69. The minimum absolute atomic E-state index is 0.103. The second kappa shape index (κ2) is 7.65. The zero-order valence-corrected chi connectivity index (χ0v) is 12.8. The first-order chi connectivity index (χ1) is 8.98. The largest absolute Gasteiger partial charge is 0.488 e.